The Labute approximate surface area is 135 Å². The molecule has 1 aromatic rings. The number of urea groups is 1. The summed E-state index contributed by atoms with van der Waals surface area (Å²) >= 11 is 1.59. The minimum absolute atomic E-state index is 0.306. The molecule has 1 unspecified atom stereocenters. The third-order valence-corrected chi connectivity index (χ3v) is 4.20. The van der Waals surface area contributed by atoms with Crippen LogP contribution in [-0.2, 0) is 16.1 Å². The molecule has 124 valence electrons. The Hall–Kier alpha value is -1.67. The van der Waals surface area contributed by atoms with Gasteiger partial charge in [-0.2, -0.15) is 0 Å². The molecular weight excluding hydrogens is 304 g/mol. The standard InChI is InChI=1S/C14H24N4O3S/c1-9(2)12-16-10(8-22-12)7-18(4)14(20)17-11(6-15-3)13(19)21-5/h8-9,11,15H,6-7H2,1-5H3,(H,17,20). The lowest BCUT2D eigenvalue weighted by molar-refractivity contribution is -0.142. The number of carbonyl (C=O) groups excluding carboxylic acids is 2. The highest BCUT2D eigenvalue weighted by molar-refractivity contribution is 7.09. The number of amides is 2. The van der Waals surface area contributed by atoms with Crippen LogP contribution in [0.2, 0.25) is 0 Å². The number of likely N-dealkylation sites (N-methyl/N-ethyl adjacent to an activating group) is 1. The predicted molar refractivity (Wildman–Crippen MR) is 85.9 cm³/mol. The molecule has 0 spiro atoms. The second-order valence-corrected chi connectivity index (χ2v) is 6.16. The average molecular weight is 328 g/mol. The van der Waals surface area contributed by atoms with Gasteiger partial charge in [-0.05, 0) is 7.05 Å². The summed E-state index contributed by atoms with van der Waals surface area (Å²) in [5.74, 6) is -0.107. The van der Waals surface area contributed by atoms with Gasteiger partial charge in [-0.1, -0.05) is 13.8 Å². The number of carbonyl (C=O) groups is 2. The lowest BCUT2D eigenvalue weighted by atomic mass is 10.2. The van der Waals surface area contributed by atoms with Crippen molar-refractivity contribution >= 4 is 23.3 Å². The Balaban J connectivity index is 2.61. The molecule has 1 aromatic heterocycles. The number of hydrogen-bond acceptors (Lipinski definition) is 6. The highest BCUT2D eigenvalue weighted by Gasteiger charge is 2.22. The lowest BCUT2D eigenvalue weighted by Crippen LogP contribution is -2.50. The van der Waals surface area contributed by atoms with Gasteiger partial charge >= 0.3 is 12.0 Å². The first-order chi connectivity index (χ1) is 10.4. The molecule has 0 aromatic carbocycles. The fourth-order valence-corrected chi connectivity index (χ4v) is 2.60. The van der Waals surface area contributed by atoms with Gasteiger partial charge in [0.05, 0.1) is 24.4 Å². The van der Waals surface area contributed by atoms with Crippen molar-refractivity contribution in [1.82, 2.24) is 20.5 Å². The molecule has 0 aliphatic carbocycles. The minimum atomic E-state index is -0.716. The van der Waals surface area contributed by atoms with E-state index in [0.717, 1.165) is 10.7 Å². The molecule has 0 saturated heterocycles. The number of rotatable bonds is 7. The molecule has 7 nitrogen and oxygen atoms in total. The first-order valence-corrected chi connectivity index (χ1v) is 7.95. The monoisotopic (exact) mass is 328 g/mol. The summed E-state index contributed by atoms with van der Waals surface area (Å²) < 4.78 is 4.67. The van der Waals surface area contributed by atoms with E-state index < -0.39 is 12.0 Å². The Bertz CT molecular complexity index is 504. The molecule has 22 heavy (non-hydrogen) atoms. The molecule has 8 heteroatoms. The van der Waals surface area contributed by atoms with Gasteiger partial charge < -0.3 is 20.3 Å². The molecular formula is C14H24N4O3S. The summed E-state index contributed by atoms with van der Waals surface area (Å²) in [6, 6.07) is -1.06. The van der Waals surface area contributed by atoms with Crippen molar-refractivity contribution in [3.8, 4) is 0 Å². The fourth-order valence-electron chi connectivity index (χ4n) is 1.77. The van der Waals surface area contributed by atoms with E-state index in [1.165, 1.54) is 12.0 Å². The number of methoxy groups -OCH3 is 1. The van der Waals surface area contributed by atoms with Crippen molar-refractivity contribution in [3.63, 3.8) is 0 Å². The highest BCUT2D eigenvalue weighted by atomic mass is 32.1. The molecule has 0 saturated carbocycles. The van der Waals surface area contributed by atoms with Crippen LogP contribution >= 0.6 is 11.3 Å². The average Bonchev–Trinajstić information content (AvgIpc) is 2.94. The summed E-state index contributed by atoms with van der Waals surface area (Å²) in [6.45, 7) is 4.86. The lowest BCUT2D eigenvalue weighted by Gasteiger charge is -2.21. The predicted octanol–water partition coefficient (Wildman–Crippen LogP) is 1.17. The van der Waals surface area contributed by atoms with Crippen molar-refractivity contribution in [2.24, 2.45) is 0 Å². The number of nitrogens with zero attached hydrogens (tertiary/aromatic N) is 2. The highest BCUT2D eigenvalue weighted by Crippen LogP contribution is 2.19. The molecule has 0 bridgehead atoms. The van der Waals surface area contributed by atoms with E-state index in [9.17, 15) is 9.59 Å². The summed E-state index contributed by atoms with van der Waals surface area (Å²) in [6.07, 6.45) is 0. The van der Waals surface area contributed by atoms with Gasteiger partial charge in [0, 0.05) is 24.9 Å². The number of thiazole rings is 1. The fraction of sp³-hybridized carbons (Fsp3) is 0.643. The van der Waals surface area contributed by atoms with Crippen molar-refractivity contribution in [2.45, 2.75) is 32.4 Å². The Kier molecular flexibility index (Phi) is 7.26. The van der Waals surface area contributed by atoms with Crippen LogP contribution in [0.5, 0.6) is 0 Å². The largest absolute Gasteiger partial charge is 0.467 e. The third-order valence-electron chi connectivity index (χ3n) is 3.00. The van der Waals surface area contributed by atoms with Crippen LogP contribution in [0.15, 0.2) is 5.38 Å². The normalized spacial score (nSPS) is 12.1. The van der Waals surface area contributed by atoms with Gasteiger partial charge in [-0.15, -0.1) is 11.3 Å². The van der Waals surface area contributed by atoms with Crippen LogP contribution in [0.25, 0.3) is 0 Å². The second-order valence-electron chi connectivity index (χ2n) is 5.27. The third kappa shape index (κ3) is 5.27. The quantitative estimate of drug-likeness (QED) is 0.734. The van der Waals surface area contributed by atoms with E-state index in [1.54, 1.807) is 25.4 Å². The number of nitrogens with one attached hydrogen (secondary N) is 2. The molecule has 2 N–H and O–H groups in total. The van der Waals surface area contributed by atoms with Crippen LogP contribution in [-0.4, -0.2) is 55.7 Å². The molecule has 1 rings (SSSR count). The van der Waals surface area contributed by atoms with Crippen molar-refractivity contribution in [2.75, 3.05) is 27.7 Å². The Morgan fingerprint density at radius 2 is 2.14 bits per heavy atom. The van der Waals surface area contributed by atoms with E-state index in [-0.39, 0.29) is 6.03 Å². The van der Waals surface area contributed by atoms with Gasteiger partial charge in [0.1, 0.15) is 6.04 Å². The van der Waals surface area contributed by atoms with Crippen LogP contribution in [0.1, 0.15) is 30.5 Å². The van der Waals surface area contributed by atoms with Gasteiger partial charge in [0.25, 0.3) is 0 Å². The van der Waals surface area contributed by atoms with Crippen LogP contribution in [0.4, 0.5) is 4.79 Å². The SMILES string of the molecule is CNCC(NC(=O)N(C)Cc1csc(C(C)C)n1)C(=O)OC. The van der Waals surface area contributed by atoms with Crippen LogP contribution in [0, 0.1) is 0 Å². The van der Waals surface area contributed by atoms with E-state index in [4.69, 9.17) is 0 Å². The second kappa shape index (κ2) is 8.70. The maximum Gasteiger partial charge on any atom is 0.329 e. The maximum absolute atomic E-state index is 12.1. The van der Waals surface area contributed by atoms with Crippen molar-refractivity contribution < 1.29 is 14.3 Å². The van der Waals surface area contributed by atoms with E-state index in [2.05, 4.69) is 34.2 Å². The molecule has 2 amide bonds. The van der Waals surface area contributed by atoms with E-state index in [1.807, 2.05) is 5.38 Å². The summed E-state index contributed by atoms with van der Waals surface area (Å²) in [7, 11) is 4.66. The zero-order valence-electron chi connectivity index (χ0n) is 13.7. The minimum Gasteiger partial charge on any atom is -0.467 e. The van der Waals surface area contributed by atoms with E-state index in [0.29, 0.717) is 19.0 Å². The summed E-state index contributed by atoms with van der Waals surface area (Å²) in [5, 5.41) is 8.49. The summed E-state index contributed by atoms with van der Waals surface area (Å²) in [4.78, 5) is 29.7. The Morgan fingerprint density at radius 3 is 2.64 bits per heavy atom. The van der Waals surface area contributed by atoms with Crippen molar-refractivity contribution in [3.05, 3.63) is 16.1 Å². The smallest absolute Gasteiger partial charge is 0.329 e. The molecule has 0 radical (unpaired) electrons. The Morgan fingerprint density at radius 1 is 1.45 bits per heavy atom. The molecule has 1 atom stereocenters. The van der Waals surface area contributed by atoms with E-state index >= 15 is 0 Å². The van der Waals surface area contributed by atoms with Gasteiger partial charge in [-0.25, -0.2) is 14.6 Å². The van der Waals surface area contributed by atoms with Crippen LogP contribution < -0.4 is 10.6 Å². The van der Waals surface area contributed by atoms with Gasteiger partial charge in [-0.3, -0.25) is 0 Å². The molecule has 0 fully saturated rings. The first kappa shape index (κ1) is 18.4. The zero-order valence-corrected chi connectivity index (χ0v) is 14.5. The first-order valence-electron chi connectivity index (χ1n) is 7.07. The number of esters is 1. The van der Waals surface area contributed by atoms with Crippen molar-refractivity contribution in [1.29, 1.82) is 0 Å². The maximum atomic E-state index is 12.1. The van der Waals surface area contributed by atoms with Crippen LogP contribution in [0.3, 0.4) is 0 Å². The topological polar surface area (TPSA) is 83.6 Å². The molecule has 0 aliphatic heterocycles. The summed E-state index contributed by atoms with van der Waals surface area (Å²) in [5.41, 5.74) is 0.842. The number of hydrogen-bond donors (Lipinski definition) is 2. The molecule has 0 aliphatic rings. The zero-order chi connectivity index (χ0) is 16.7. The molecule has 1 heterocycles. The van der Waals surface area contributed by atoms with Gasteiger partial charge in [0.2, 0.25) is 0 Å². The number of aromatic nitrogens is 1. The number of ether oxygens (including phenoxy) is 1. The van der Waals surface area contributed by atoms with Gasteiger partial charge in [0.15, 0.2) is 0 Å².